The maximum Gasteiger partial charge on any atom is 0.339 e. The highest BCUT2D eigenvalue weighted by molar-refractivity contribution is 7.87. The number of halogens is 2. The van der Waals surface area contributed by atoms with Gasteiger partial charge in [0, 0.05) is 22.8 Å². The first-order valence-electron chi connectivity index (χ1n) is 9.26. The van der Waals surface area contributed by atoms with Gasteiger partial charge in [-0.05, 0) is 54.1 Å². The average Bonchev–Trinajstić information content (AvgIpc) is 2.79. The molecule has 3 rings (SSSR count). The molecule has 0 aliphatic carbocycles. The van der Waals surface area contributed by atoms with E-state index in [2.05, 4.69) is 5.32 Å². The fourth-order valence-electron chi connectivity index (χ4n) is 2.65. The van der Waals surface area contributed by atoms with Crippen LogP contribution in [0.4, 0.5) is 11.4 Å². The van der Waals surface area contributed by atoms with E-state index in [9.17, 15) is 28.6 Å². The first-order valence-corrected chi connectivity index (χ1v) is 11.4. The van der Waals surface area contributed by atoms with Crippen molar-refractivity contribution in [3.05, 3.63) is 98.0 Å². The second-order valence-electron chi connectivity index (χ2n) is 6.61. The van der Waals surface area contributed by atoms with Gasteiger partial charge in [0.1, 0.15) is 16.5 Å². The predicted molar refractivity (Wildman–Crippen MR) is 126 cm³/mol. The van der Waals surface area contributed by atoms with Crippen molar-refractivity contribution in [2.75, 3.05) is 5.32 Å². The first kappa shape index (κ1) is 24.7. The van der Waals surface area contributed by atoms with E-state index in [1.807, 2.05) is 0 Å². The van der Waals surface area contributed by atoms with E-state index in [1.54, 1.807) is 6.07 Å². The van der Waals surface area contributed by atoms with Gasteiger partial charge in [0.2, 0.25) is 0 Å². The van der Waals surface area contributed by atoms with E-state index < -0.39 is 20.9 Å². The van der Waals surface area contributed by atoms with Crippen LogP contribution < -0.4 is 9.50 Å². The minimum Gasteiger partial charge on any atom is -0.377 e. The fourth-order valence-corrected chi connectivity index (χ4v) is 4.00. The topological polar surface area (TPSA) is 139 Å². The van der Waals surface area contributed by atoms with Gasteiger partial charge in [-0.15, -0.1) is 0 Å². The summed E-state index contributed by atoms with van der Waals surface area (Å²) >= 11 is 11.9. The van der Waals surface area contributed by atoms with Gasteiger partial charge in [-0.25, -0.2) is 0 Å². The first-order chi connectivity index (χ1) is 16.1. The van der Waals surface area contributed by atoms with Crippen LogP contribution in [0.25, 0.3) is 6.08 Å². The number of nitrogens with zero attached hydrogens (tertiary/aromatic N) is 2. The van der Waals surface area contributed by atoms with E-state index in [1.165, 1.54) is 66.7 Å². The van der Waals surface area contributed by atoms with Crippen molar-refractivity contribution in [1.82, 2.24) is 0 Å². The number of non-ortho nitro benzene ring substituents is 1. The Balaban J connectivity index is 1.79. The molecule has 12 heteroatoms. The van der Waals surface area contributed by atoms with E-state index >= 15 is 0 Å². The van der Waals surface area contributed by atoms with Gasteiger partial charge in [0.15, 0.2) is 5.75 Å². The number of carbonyl (C=O) groups is 1. The lowest BCUT2D eigenvalue weighted by molar-refractivity contribution is -0.384. The fraction of sp³-hybridized carbons (Fsp3) is 0. The monoisotopic (exact) mass is 517 g/mol. The minimum absolute atomic E-state index is 0.0809. The minimum atomic E-state index is -4.17. The van der Waals surface area contributed by atoms with Gasteiger partial charge in [-0.3, -0.25) is 14.9 Å². The Kier molecular flexibility index (Phi) is 7.53. The summed E-state index contributed by atoms with van der Waals surface area (Å²) in [5.74, 6) is -0.960. The number of nitriles is 1. The third-order valence-electron chi connectivity index (χ3n) is 4.25. The lowest BCUT2D eigenvalue weighted by Crippen LogP contribution is -2.13. The van der Waals surface area contributed by atoms with Crippen molar-refractivity contribution in [3.63, 3.8) is 0 Å². The molecule has 0 atom stereocenters. The summed E-state index contributed by atoms with van der Waals surface area (Å²) in [6.07, 6.45) is 1.22. The molecule has 0 aliphatic rings. The Morgan fingerprint density at radius 1 is 1.09 bits per heavy atom. The third-order valence-corrected chi connectivity index (χ3v) is 6.04. The van der Waals surface area contributed by atoms with Gasteiger partial charge >= 0.3 is 10.1 Å². The third kappa shape index (κ3) is 6.11. The van der Waals surface area contributed by atoms with E-state index in [0.29, 0.717) is 10.6 Å². The second kappa shape index (κ2) is 10.4. The quantitative estimate of drug-likeness (QED) is 0.149. The molecule has 9 nitrogen and oxygen atoms in total. The van der Waals surface area contributed by atoms with Crippen LogP contribution in [0, 0.1) is 21.4 Å². The molecule has 1 N–H and O–H groups in total. The molecule has 0 radical (unpaired) electrons. The summed E-state index contributed by atoms with van der Waals surface area (Å²) in [7, 11) is -4.17. The molecule has 0 bridgehead atoms. The molecule has 0 fully saturated rings. The second-order valence-corrected chi connectivity index (χ2v) is 9.00. The molecule has 0 unspecified atom stereocenters. The number of hydrogen-bond acceptors (Lipinski definition) is 7. The number of benzene rings is 3. The molecule has 3 aromatic rings. The summed E-state index contributed by atoms with van der Waals surface area (Å²) in [6.45, 7) is 0. The number of carbonyl (C=O) groups excluding carboxylic acids is 1. The maximum absolute atomic E-state index is 12.4. The molecule has 3 aromatic carbocycles. The van der Waals surface area contributed by atoms with E-state index in [-0.39, 0.29) is 32.6 Å². The zero-order valence-corrected chi connectivity index (χ0v) is 19.3. The van der Waals surface area contributed by atoms with E-state index in [0.717, 1.165) is 6.07 Å². The zero-order valence-electron chi connectivity index (χ0n) is 16.9. The van der Waals surface area contributed by atoms with Gasteiger partial charge in [-0.1, -0.05) is 35.3 Å². The number of nitro benzene ring substituents is 1. The highest BCUT2D eigenvalue weighted by Crippen LogP contribution is 2.29. The molecular formula is C22H13Cl2N3O6S. The standard InChI is InChI=1S/C22H13Cl2N3O6S/c23-16-5-7-19(8-6-16)34(31,32)33-21-9-4-14(11-20(21)24)10-15(13-25)22(28)26-17-2-1-3-18(12-17)27(29)30/h1-12H,(H,26,28)/b15-10+. The Morgan fingerprint density at radius 2 is 1.79 bits per heavy atom. The van der Waals surface area contributed by atoms with Crippen molar-refractivity contribution in [1.29, 1.82) is 5.26 Å². The van der Waals surface area contributed by atoms with Crippen molar-refractivity contribution in [3.8, 4) is 11.8 Å². The number of amides is 1. The smallest absolute Gasteiger partial charge is 0.339 e. The van der Waals surface area contributed by atoms with Crippen LogP contribution in [0.5, 0.6) is 5.75 Å². The van der Waals surface area contributed by atoms with Crippen molar-refractivity contribution < 1.29 is 22.3 Å². The Morgan fingerprint density at radius 3 is 2.41 bits per heavy atom. The summed E-state index contributed by atoms with van der Waals surface area (Å²) in [4.78, 5) is 22.6. The van der Waals surface area contributed by atoms with Crippen LogP contribution in [0.3, 0.4) is 0 Å². The van der Waals surface area contributed by atoms with Crippen LogP contribution >= 0.6 is 23.2 Å². The Labute approximate surface area is 204 Å². The van der Waals surface area contributed by atoms with Gasteiger partial charge in [0.05, 0.1) is 9.95 Å². The molecule has 0 saturated carbocycles. The normalized spacial score (nSPS) is 11.4. The van der Waals surface area contributed by atoms with Crippen LogP contribution in [0.15, 0.2) is 77.2 Å². The van der Waals surface area contributed by atoms with Crippen LogP contribution in [0.1, 0.15) is 5.56 Å². The summed E-state index contributed by atoms with van der Waals surface area (Å²) in [6, 6.07) is 16.3. The molecule has 0 aliphatic heterocycles. The average molecular weight is 518 g/mol. The maximum atomic E-state index is 12.4. The number of anilines is 1. The van der Waals surface area contributed by atoms with Gasteiger partial charge < -0.3 is 9.50 Å². The van der Waals surface area contributed by atoms with Crippen molar-refractivity contribution in [2.24, 2.45) is 0 Å². The largest absolute Gasteiger partial charge is 0.377 e. The number of nitro groups is 1. The molecule has 0 aromatic heterocycles. The molecule has 1 amide bonds. The van der Waals surface area contributed by atoms with Crippen LogP contribution in [-0.2, 0) is 14.9 Å². The number of hydrogen-bond donors (Lipinski definition) is 1. The number of rotatable bonds is 7. The summed E-state index contributed by atoms with van der Waals surface area (Å²) in [5.41, 5.74) is -0.0947. The molecule has 34 heavy (non-hydrogen) atoms. The van der Waals surface area contributed by atoms with Crippen molar-refractivity contribution in [2.45, 2.75) is 4.90 Å². The van der Waals surface area contributed by atoms with Crippen LogP contribution in [-0.4, -0.2) is 19.2 Å². The SMILES string of the molecule is N#C/C(=C\c1ccc(OS(=O)(=O)c2ccc(Cl)cc2)c(Cl)c1)C(=O)Nc1cccc([N+](=O)[O-])c1. The number of nitrogens with one attached hydrogen (secondary N) is 1. The molecule has 0 heterocycles. The van der Waals surface area contributed by atoms with Gasteiger partial charge in [0.25, 0.3) is 11.6 Å². The molecule has 0 spiro atoms. The van der Waals surface area contributed by atoms with E-state index in [4.69, 9.17) is 27.4 Å². The highest BCUT2D eigenvalue weighted by Gasteiger charge is 2.19. The Hall–Kier alpha value is -3.91. The Bertz CT molecular complexity index is 1450. The summed E-state index contributed by atoms with van der Waals surface area (Å²) in [5, 5.41) is 22.9. The predicted octanol–water partition coefficient (Wildman–Crippen LogP) is 5.21. The molecule has 0 saturated heterocycles. The molecular weight excluding hydrogens is 505 g/mol. The lowest BCUT2D eigenvalue weighted by atomic mass is 10.1. The molecule has 172 valence electrons. The highest BCUT2D eigenvalue weighted by atomic mass is 35.5. The van der Waals surface area contributed by atoms with Gasteiger partial charge in [-0.2, -0.15) is 13.7 Å². The van der Waals surface area contributed by atoms with Crippen molar-refractivity contribution >= 4 is 56.7 Å². The zero-order chi connectivity index (χ0) is 24.9. The van der Waals surface area contributed by atoms with Crippen LogP contribution in [0.2, 0.25) is 10.0 Å². The lowest BCUT2D eigenvalue weighted by Gasteiger charge is -2.09. The summed E-state index contributed by atoms with van der Waals surface area (Å²) < 4.78 is 29.9.